The largest absolute Gasteiger partial charge is 0.462 e. The maximum absolute atomic E-state index is 13.3. The Labute approximate surface area is 192 Å². The second-order valence-electron chi connectivity index (χ2n) is 6.92. The van der Waals surface area contributed by atoms with Crippen LogP contribution in [0.2, 0.25) is 0 Å². The van der Waals surface area contributed by atoms with Gasteiger partial charge in [-0.15, -0.1) is 0 Å². The van der Waals surface area contributed by atoms with E-state index >= 15 is 0 Å². The quantitative estimate of drug-likeness (QED) is 0.281. The lowest BCUT2D eigenvalue weighted by molar-refractivity contribution is -0.141. The molecule has 1 heterocycles. The monoisotopic (exact) mass is 475 g/mol. The van der Waals surface area contributed by atoms with Gasteiger partial charge in [0.05, 0.1) is 23.6 Å². The predicted octanol–water partition coefficient (Wildman–Crippen LogP) is 5.38. The van der Waals surface area contributed by atoms with E-state index in [4.69, 9.17) is 4.74 Å². The number of amides is 1. The van der Waals surface area contributed by atoms with Gasteiger partial charge < -0.3 is 10.1 Å². The molecule has 0 aliphatic carbocycles. The van der Waals surface area contributed by atoms with E-state index in [9.17, 15) is 22.8 Å². The van der Waals surface area contributed by atoms with Crippen molar-refractivity contribution in [3.63, 3.8) is 0 Å². The SMILES string of the molecule is CCOC(=O)c1ccc(NC(=O)CSc2nc(-c3ccc(C)cc3)cc(C(F)(F)F)n2)cc1. The van der Waals surface area contributed by atoms with Crippen LogP contribution in [0.5, 0.6) is 0 Å². The number of alkyl halides is 3. The molecule has 6 nitrogen and oxygen atoms in total. The van der Waals surface area contributed by atoms with Gasteiger partial charge in [0.1, 0.15) is 5.69 Å². The summed E-state index contributed by atoms with van der Waals surface area (Å²) in [5.74, 6) is -1.13. The number of halogens is 3. The fourth-order valence-electron chi connectivity index (χ4n) is 2.74. The third-order valence-electron chi connectivity index (χ3n) is 4.36. The van der Waals surface area contributed by atoms with E-state index in [2.05, 4.69) is 15.3 Å². The van der Waals surface area contributed by atoms with Crippen LogP contribution in [0, 0.1) is 6.92 Å². The third kappa shape index (κ3) is 6.79. The number of anilines is 1. The molecule has 0 fully saturated rings. The number of thioether (sulfide) groups is 1. The minimum absolute atomic E-state index is 0.120. The number of nitrogens with zero attached hydrogens (tertiary/aromatic N) is 2. The summed E-state index contributed by atoms with van der Waals surface area (Å²) < 4.78 is 44.9. The van der Waals surface area contributed by atoms with Crippen LogP contribution in [0.1, 0.15) is 28.5 Å². The minimum Gasteiger partial charge on any atom is -0.462 e. The molecular weight excluding hydrogens is 455 g/mol. The van der Waals surface area contributed by atoms with Crippen molar-refractivity contribution in [3.8, 4) is 11.3 Å². The molecule has 1 amide bonds. The molecule has 0 saturated carbocycles. The van der Waals surface area contributed by atoms with E-state index < -0.39 is 23.7 Å². The summed E-state index contributed by atoms with van der Waals surface area (Å²) in [5, 5.41) is 2.46. The molecule has 10 heteroatoms. The number of ether oxygens (including phenoxy) is 1. The first-order valence-electron chi connectivity index (χ1n) is 9.89. The number of carbonyl (C=O) groups is 2. The van der Waals surface area contributed by atoms with Crippen LogP contribution >= 0.6 is 11.8 Å². The number of hydrogen-bond donors (Lipinski definition) is 1. The van der Waals surface area contributed by atoms with Gasteiger partial charge in [0.25, 0.3) is 0 Å². The van der Waals surface area contributed by atoms with Gasteiger partial charge in [0.15, 0.2) is 5.16 Å². The summed E-state index contributed by atoms with van der Waals surface area (Å²) in [6, 6.07) is 13.9. The van der Waals surface area contributed by atoms with Gasteiger partial charge >= 0.3 is 12.1 Å². The number of esters is 1. The average Bonchev–Trinajstić information content (AvgIpc) is 2.78. The van der Waals surface area contributed by atoms with Crippen molar-refractivity contribution in [2.45, 2.75) is 25.2 Å². The van der Waals surface area contributed by atoms with Crippen molar-refractivity contribution in [3.05, 3.63) is 71.4 Å². The second-order valence-corrected chi connectivity index (χ2v) is 7.86. The Bertz CT molecular complexity index is 1130. The van der Waals surface area contributed by atoms with Gasteiger partial charge in [-0.25, -0.2) is 14.8 Å². The molecule has 1 aromatic heterocycles. The van der Waals surface area contributed by atoms with Crippen LogP contribution in [-0.4, -0.2) is 34.2 Å². The fourth-order valence-corrected chi connectivity index (χ4v) is 3.40. The smallest absolute Gasteiger partial charge is 0.433 e. The van der Waals surface area contributed by atoms with E-state index in [-0.39, 0.29) is 23.2 Å². The molecule has 0 atom stereocenters. The van der Waals surface area contributed by atoms with Crippen LogP contribution in [0.15, 0.2) is 59.8 Å². The minimum atomic E-state index is -4.65. The van der Waals surface area contributed by atoms with Gasteiger partial charge in [-0.3, -0.25) is 4.79 Å². The van der Waals surface area contributed by atoms with Crippen molar-refractivity contribution in [2.24, 2.45) is 0 Å². The number of rotatable bonds is 7. The maximum Gasteiger partial charge on any atom is 0.433 e. The molecule has 172 valence electrons. The van der Waals surface area contributed by atoms with Gasteiger partial charge in [-0.1, -0.05) is 41.6 Å². The highest BCUT2D eigenvalue weighted by atomic mass is 32.2. The molecule has 0 radical (unpaired) electrons. The molecule has 3 rings (SSSR count). The van der Waals surface area contributed by atoms with Crippen molar-refractivity contribution in [1.82, 2.24) is 9.97 Å². The molecule has 33 heavy (non-hydrogen) atoms. The summed E-state index contributed by atoms with van der Waals surface area (Å²) in [6.45, 7) is 3.81. The number of aryl methyl sites for hydroxylation is 1. The maximum atomic E-state index is 13.3. The van der Waals surface area contributed by atoms with Crippen LogP contribution in [-0.2, 0) is 15.7 Å². The average molecular weight is 475 g/mol. The number of nitrogens with one attached hydrogen (secondary N) is 1. The summed E-state index contributed by atoms with van der Waals surface area (Å²) in [6.07, 6.45) is -4.65. The first kappa shape index (κ1) is 24.2. The molecule has 2 aromatic carbocycles. The zero-order valence-corrected chi connectivity index (χ0v) is 18.6. The van der Waals surface area contributed by atoms with Crippen LogP contribution in [0.25, 0.3) is 11.3 Å². The van der Waals surface area contributed by atoms with Crippen molar-refractivity contribution in [1.29, 1.82) is 0 Å². The van der Waals surface area contributed by atoms with Crippen LogP contribution in [0.3, 0.4) is 0 Å². The normalized spacial score (nSPS) is 11.2. The number of hydrogen-bond acceptors (Lipinski definition) is 6. The van der Waals surface area contributed by atoms with Crippen molar-refractivity contribution >= 4 is 29.3 Å². The lowest BCUT2D eigenvalue weighted by Gasteiger charge is -2.11. The highest BCUT2D eigenvalue weighted by Crippen LogP contribution is 2.32. The molecule has 0 saturated heterocycles. The number of aromatic nitrogens is 2. The highest BCUT2D eigenvalue weighted by Gasteiger charge is 2.34. The molecule has 0 bridgehead atoms. The summed E-state index contributed by atoms with van der Waals surface area (Å²) in [4.78, 5) is 31.7. The predicted molar refractivity (Wildman–Crippen MR) is 119 cm³/mol. The Morgan fingerprint density at radius 1 is 1.03 bits per heavy atom. The Hall–Kier alpha value is -3.40. The van der Waals surface area contributed by atoms with Crippen LogP contribution < -0.4 is 5.32 Å². The Morgan fingerprint density at radius 3 is 2.30 bits per heavy atom. The lowest BCUT2D eigenvalue weighted by Crippen LogP contribution is -2.15. The van der Waals surface area contributed by atoms with E-state index in [0.717, 1.165) is 23.4 Å². The second kappa shape index (κ2) is 10.5. The highest BCUT2D eigenvalue weighted by molar-refractivity contribution is 7.99. The zero-order chi connectivity index (χ0) is 24.0. The van der Waals surface area contributed by atoms with Crippen LogP contribution in [0.4, 0.5) is 18.9 Å². The molecule has 0 aliphatic heterocycles. The standard InChI is InChI=1S/C23H20F3N3O3S/c1-3-32-21(31)16-8-10-17(11-9-16)27-20(30)13-33-22-28-18(12-19(29-22)23(24,25)26)15-6-4-14(2)5-7-15/h4-12H,3,13H2,1-2H3,(H,27,30). The molecule has 0 spiro atoms. The fraction of sp³-hybridized carbons (Fsp3) is 0.217. The molecular formula is C23H20F3N3O3S. The zero-order valence-electron chi connectivity index (χ0n) is 17.8. The summed E-state index contributed by atoms with van der Waals surface area (Å²) >= 11 is 0.796. The molecule has 1 N–H and O–H groups in total. The number of carbonyl (C=O) groups excluding carboxylic acids is 2. The topological polar surface area (TPSA) is 81.2 Å². The van der Waals surface area contributed by atoms with Gasteiger partial charge in [0, 0.05) is 11.3 Å². The first-order valence-corrected chi connectivity index (χ1v) is 10.9. The molecule has 0 unspecified atom stereocenters. The summed E-state index contributed by atoms with van der Waals surface area (Å²) in [5.41, 5.74) is 1.29. The van der Waals surface area contributed by atoms with E-state index in [1.807, 2.05) is 6.92 Å². The van der Waals surface area contributed by atoms with E-state index in [1.54, 1.807) is 31.2 Å². The van der Waals surface area contributed by atoms with Gasteiger partial charge in [-0.2, -0.15) is 13.2 Å². The Kier molecular flexibility index (Phi) is 7.70. The molecule has 3 aromatic rings. The molecule has 0 aliphatic rings. The van der Waals surface area contributed by atoms with E-state index in [0.29, 0.717) is 16.8 Å². The van der Waals surface area contributed by atoms with Crippen molar-refractivity contribution < 1.29 is 27.5 Å². The van der Waals surface area contributed by atoms with Gasteiger partial charge in [-0.05, 0) is 44.2 Å². The van der Waals surface area contributed by atoms with E-state index in [1.165, 1.54) is 24.3 Å². The Balaban J connectivity index is 1.71. The van der Waals surface area contributed by atoms with Gasteiger partial charge in [0.2, 0.25) is 5.91 Å². The van der Waals surface area contributed by atoms with Crippen molar-refractivity contribution in [2.75, 3.05) is 17.7 Å². The Morgan fingerprint density at radius 2 is 1.70 bits per heavy atom. The number of benzene rings is 2. The summed E-state index contributed by atoms with van der Waals surface area (Å²) in [7, 11) is 0. The lowest BCUT2D eigenvalue weighted by atomic mass is 10.1. The first-order chi connectivity index (χ1) is 15.7. The third-order valence-corrected chi connectivity index (χ3v) is 5.20.